The van der Waals surface area contributed by atoms with Crippen molar-refractivity contribution in [3.8, 4) is 0 Å². The summed E-state index contributed by atoms with van der Waals surface area (Å²) in [6.45, 7) is 8.54. The Bertz CT molecular complexity index is 776. The van der Waals surface area contributed by atoms with Gasteiger partial charge in [0, 0.05) is 38.1 Å². The largest absolute Gasteiger partial charge is 0.340 e. The molecule has 0 saturated carbocycles. The molecule has 0 unspecified atom stereocenters. The second kappa shape index (κ2) is 8.90. The number of amides is 1. The lowest BCUT2D eigenvalue weighted by atomic mass is 9.92. The molecule has 27 heavy (non-hydrogen) atoms. The first-order chi connectivity index (χ1) is 12.3. The van der Waals surface area contributed by atoms with Gasteiger partial charge in [-0.25, -0.2) is 8.42 Å². The van der Waals surface area contributed by atoms with Crippen molar-refractivity contribution in [1.29, 1.82) is 0 Å². The van der Waals surface area contributed by atoms with E-state index in [4.69, 9.17) is 0 Å². The summed E-state index contributed by atoms with van der Waals surface area (Å²) in [5.41, 5.74) is 2.05. The predicted octanol–water partition coefficient (Wildman–Crippen LogP) is 1.95. The van der Waals surface area contributed by atoms with Gasteiger partial charge in [0.2, 0.25) is 15.9 Å². The number of halogens is 1. The molecule has 2 fully saturated rings. The number of carbonyl (C=O) groups excluding carboxylic acids is 1. The van der Waals surface area contributed by atoms with Crippen LogP contribution in [0.15, 0.2) is 23.1 Å². The van der Waals surface area contributed by atoms with Gasteiger partial charge in [-0.05, 0) is 63.4 Å². The number of hydrogen-bond acceptors (Lipinski definition) is 4. The number of piperidine rings is 1. The molecule has 2 heterocycles. The third-order valence-electron chi connectivity index (χ3n) is 5.64. The fourth-order valence-corrected chi connectivity index (χ4v) is 5.29. The first-order valence-corrected chi connectivity index (χ1v) is 10.8. The van der Waals surface area contributed by atoms with Crippen molar-refractivity contribution in [2.45, 2.75) is 44.6 Å². The first-order valence-electron chi connectivity index (χ1n) is 9.38. The molecule has 1 aromatic carbocycles. The molecule has 2 aliphatic heterocycles. The highest BCUT2D eigenvalue weighted by atomic mass is 35.5. The number of benzene rings is 1. The molecule has 8 heteroatoms. The molecular weight excluding hydrogens is 386 g/mol. The SMILES string of the molecule is Cc1ccc(S(=O)(=O)N2CCN(C(=O)[C@H]3CCN[C@@H](C)C3)CC2)cc1C.Cl. The monoisotopic (exact) mass is 415 g/mol. The van der Waals surface area contributed by atoms with Gasteiger partial charge in [-0.3, -0.25) is 4.79 Å². The van der Waals surface area contributed by atoms with Crippen molar-refractivity contribution in [1.82, 2.24) is 14.5 Å². The zero-order chi connectivity index (χ0) is 18.9. The average Bonchev–Trinajstić information content (AvgIpc) is 2.63. The van der Waals surface area contributed by atoms with E-state index < -0.39 is 10.0 Å². The summed E-state index contributed by atoms with van der Waals surface area (Å²) in [5.74, 6) is 0.246. The van der Waals surface area contributed by atoms with E-state index in [0.717, 1.165) is 30.5 Å². The fraction of sp³-hybridized carbons (Fsp3) is 0.632. The summed E-state index contributed by atoms with van der Waals surface area (Å²) in [7, 11) is -3.50. The Labute approximate surface area is 168 Å². The normalized spacial score (nSPS) is 24.3. The first kappa shape index (κ1) is 22.1. The second-order valence-electron chi connectivity index (χ2n) is 7.55. The van der Waals surface area contributed by atoms with Crippen LogP contribution in [0.2, 0.25) is 0 Å². The molecule has 1 N–H and O–H groups in total. The van der Waals surface area contributed by atoms with Crippen molar-refractivity contribution in [3.05, 3.63) is 29.3 Å². The standard InChI is InChI=1S/C19H29N3O3S.ClH/c1-14-4-5-18(12-15(14)2)26(24,25)22-10-8-21(9-11-22)19(23)17-6-7-20-16(3)13-17;/h4-5,12,16-17,20H,6-11,13H2,1-3H3;1H/t16-,17-;/m0./s1. The Hall–Kier alpha value is -1.15. The van der Waals surface area contributed by atoms with Crippen molar-refractivity contribution < 1.29 is 13.2 Å². The molecule has 1 aromatic rings. The Balaban J connectivity index is 0.00000261. The number of sulfonamides is 1. The molecule has 2 saturated heterocycles. The minimum atomic E-state index is -3.50. The number of rotatable bonds is 3. The quantitative estimate of drug-likeness (QED) is 0.819. The zero-order valence-electron chi connectivity index (χ0n) is 16.3. The second-order valence-corrected chi connectivity index (χ2v) is 9.49. The molecule has 0 bridgehead atoms. The van der Waals surface area contributed by atoms with Gasteiger partial charge >= 0.3 is 0 Å². The number of aryl methyl sites for hydroxylation is 2. The van der Waals surface area contributed by atoms with Gasteiger partial charge in [0.1, 0.15) is 0 Å². The van der Waals surface area contributed by atoms with Gasteiger partial charge in [0.25, 0.3) is 0 Å². The van der Waals surface area contributed by atoms with E-state index in [-0.39, 0.29) is 24.2 Å². The van der Waals surface area contributed by atoms with Crippen LogP contribution in [0.25, 0.3) is 0 Å². The maximum atomic E-state index is 12.9. The summed E-state index contributed by atoms with van der Waals surface area (Å²) >= 11 is 0. The molecule has 2 aliphatic rings. The summed E-state index contributed by atoms with van der Waals surface area (Å²) in [5, 5.41) is 3.37. The smallest absolute Gasteiger partial charge is 0.243 e. The lowest BCUT2D eigenvalue weighted by Crippen LogP contribution is -2.53. The lowest BCUT2D eigenvalue weighted by Gasteiger charge is -2.37. The van der Waals surface area contributed by atoms with Crippen LogP contribution in [0.5, 0.6) is 0 Å². The number of nitrogens with zero attached hydrogens (tertiary/aromatic N) is 2. The number of piperazine rings is 1. The maximum Gasteiger partial charge on any atom is 0.243 e. The van der Waals surface area contributed by atoms with Gasteiger partial charge in [-0.1, -0.05) is 6.07 Å². The average molecular weight is 416 g/mol. The number of carbonyl (C=O) groups is 1. The Morgan fingerprint density at radius 1 is 1.11 bits per heavy atom. The number of nitrogens with one attached hydrogen (secondary N) is 1. The number of hydrogen-bond donors (Lipinski definition) is 1. The molecule has 6 nitrogen and oxygen atoms in total. The van der Waals surface area contributed by atoms with Crippen LogP contribution in [-0.4, -0.2) is 62.3 Å². The van der Waals surface area contributed by atoms with Crippen LogP contribution in [-0.2, 0) is 14.8 Å². The van der Waals surface area contributed by atoms with E-state index >= 15 is 0 Å². The molecule has 152 valence electrons. The Morgan fingerprint density at radius 2 is 1.78 bits per heavy atom. The molecular formula is C19H30ClN3O3S. The summed E-state index contributed by atoms with van der Waals surface area (Å²) < 4.78 is 27.3. The van der Waals surface area contributed by atoms with E-state index in [2.05, 4.69) is 12.2 Å². The molecule has 0 aromatic heterocycles. The summed E-state index contributed by atoms with van der Waals surface area (Å²) in [6.07, 6.45) is 1.73. The van der Waals surface area contributed by atoms with Crippen LogP contribution < -0.4 is 5.32 Å². The van der Waals surface area contributed by atoms with E-state index in [1.807, 2.05) is 24.8 Å². The molecule has 1 amide bonds. The summed E-state index contributed by atoms with van der Waals surface area (Å²) in [6, 6.07) is 5.62. The lowest BCUT2D eigenvalue weighted by molar-refractivity contribution is -0.137. The van der Waals surface area contributed by atoms with Gasteiger partial charge < -0.3 is 10.2 Å². The van der Waals surface area contributed by atoms with Gasteiger partial charge in [-0.2, -0.15) is 4.31 Å². The van der Waals surface area contributed by atoms with Crippen LogP contribution >= 0.6 is 12.4 Å². The van der Waals surface area contributed by atoms with E-state index in [1.165, 1.54) is 4.31 Å². The van der Waals surface area contributed by atoms with Crippen LogP contribution in [0.3, 0.4) is 0 Å². The highest BCUT2D eigenvalue weighted by molar-refractivity contribution is 7.89. The predicted molar refractivity (Wildman–Crippen MR) is 109 cm³/mol. The van der Waals surface area contributed by atoms with E-state index in [9.17, 15) is 13.2 Å². The minimum Gasteiger partial charge on any atom is -0.340 e. The van der Waals surface area contributed by atoms with Crippen molar-refractivity contribution in [3.63, 3.8) is 0 Å². The minimum absolute atomic E-state index is 0. The van der Waals surface area contributed by atoms with Crippen molar-refractivity contribution >= 4 is 28.3 Å². The fourth-order valence-electron chi connectivity index (χ4n) is 3.79. The highest BCUT2D eigenvalue weighted by Gasteiger charge is 2.33. The Morgan fingerprint density at radius 3 is 2.37 bits per heavy atom. The van der Waals surface area contributed by atoms with Gasteiger partial charge in [-0.15, -0.1) is 12.4 Å². The highest BCUT2D eigenvalue weighted by Crippen LogP contribution is 2.23. The van der Waals surface area contributed by atoms with E-state index in [0.29, 0.717) is 37.1 Å². The summed E-state index contributed by atoms with van der Waals surface area (Å²) in [4.78, 5) is 14.9. The molecule has 0 spiro atoms. The van der Waals surface area contributed by atoms with E-state index in [1.54, 1.807) is 12.1 Å². The van der Waals surface area contributed by atoms with Crippen molar-refractivity contribution in [2.75, 3.05) is 32.7 Å². The van der Waals surface area contributed by atoms with Crippen LogP contribution in [0, 0.1) is 19.8 Å². The third-order valence-corrected chi connectivity index (χ3v) is 7.53. The third kappa shape index (κ3) is 4.83. The molecule has 0 radical (unpaired) electrons. The molecule has 2 atom stereocenters. The topological polar surface area (TPSA) is 69.7 Å². The van der Waals surface area contributed by atoms with Crippen LogP contribution in [0.4, 0.5) is 0 Å². The molecule has 0 aliphatic carbocycles. The molecule has 3 rings (SSSR count). The van der Waals surface area contributed by atoms with Crippen molar-refractivity contribution in [2.24, 2.45) is 5.92 Å². The Kier molecular flexibility index (Phi) is 7.30. The van der Waals surface area contributed by atoms with Gasteiger partial charge in [0.15, 0.2) is 0 Å². The zero-order valence-corrected chi connectivity index (χ0v) is 17.9. The maximum absolute atomic E-state index is 12.9. The van der Waals surface area contributed by atoms with Gasteiger partial charge in [0.05, 0.1) is 4.90 Å². The van der Waals surface area contributed by atoms with Crippen LogP contribution in [0.1, 0.15) is 30.9 Å².